The molecule has 3 heterocycles. The lowest BCUT2D eigenvalue weighted by atomic mass is 9.85. The minimum absolute atomic E-state index is 0.101. The Balaban J connectivity index is 1.26. The number of alkyl carbamates (subject to hydrolysis) is 1. The third-order valence-corrected chi connectivity index (χ3v) is 12.0. The van der Waals surface area contributed by atoms with E-state index in [1.807, 2.05) is 18.2 Å². The van der Waals surface area contributed by atoms with Gasteiger partial charge < -0.3 is 29.7 Å². The molecule has 2 aliphatic carbocycles. The standard InChI is InChI=1S/C35H47N5O10S/c1-5-22-17-35(22,31(43)38-51(46,47)24-12-13-24)37-29(41)26-16-23-19-40(26)30(42)28(34(2,3)4)36-32(44)49-15-8-6-7-14-48-27-11-9-10-21-18-39(20-25(21)27)33(45)50-23/h5,9-11,22-24,26,28H,1,6-8,12-20H2,2-4H3,(H,36,44)(H,37,41)(H,38,43)/t22-,23+,26?,28+,35-/m0/s1. The molecule has 1 saturated heterocycles. The van der Waals surface area contributed by atoms with E-state index in [2.05, 4.69) is 21.9 Å². The van der Waals surface area contributed by atoms with Crippen LogP contribution < -0.4 is 20.1 Å². The summed E-state index contributed by atoms with van der Waals surface area (Å²) in [5, 5.41) is 4.75. The highest BCUT2D eigenvalue weighted by atomic mass is 32.2. The van der Waals surface area contributed by atoms with E-state index in [4.69, 9.17) is 14.2 Å². The number of benzene rings is 1. The molecule has 6 rings (SSSR count). The summed E-state index contributed by atoms with van der Waals surface area (Å²) in [5.74, 6) is -2.07. The highest BCUT2D eigenvalue weighted by molar-refractivity contribution is 7.91. The van der Waals surface area contributed by atoms with E-state index in [0.29, 0.717) is 38.2 Å². The van der Waals surface area contributed by atoms with Crippen LogP contribution in [0.15, 0.2) is 30.9 Å². The molecule has 0 spiro atoms. The van der Waals surface area contributed by atoms with Gasteiger partial charge in [0.2, 0.25) is 21.8 Å². The van der Waals surface area contributed by atoms with Gasteiger partial charge in [0.1, 0.15) is 29.5 Å². The first kappa shape index (κ1) is 36.5. The topological polar surface area (TPSA) is 190 Å². The molecule has 3 fully saturated rings. The zero-order valence-corrected chi connectivity index (χ0v) is 30.1. The molecule has 5 aliphatic rings. The first-order valence-corrected chi connectivity index (χ1v) is 19.1. The monoisotopic (exact) mass is 729 g/mol. The SMILES string of the molecule is C=C[C@H]1C[C@@]1(NC(=O)C1C[C@@H]2CN1C(=O)[C@H](C(C)(C)C)NC(=O)OCCCCCOc1cccc3c1CN(C3)C(=O)O2)C(=O)NS(=O)(=O)C1CC1. The van der Waals surface area contributed by atoms with Crippen molar-refractivity contribution in [3.05, 3.63) is 42.0 Å². The van der Waals surface area contributed by atoms with Crippen LogP contribution in [0.5, 0.6) is 5.75 Å². The molecular weight excluding hydrogens is 682 g/mol. The fourth-order valence-electron chi connectivity index (χ4n) is 6.97. The Bertz CT molecular complexity index is 1710. The third-order valence-electron chi connectivity index (χ3n) is 10.2. The Labute approximate surface area is 297 Å². The molecule has 0 radical (unpaired) electrons. The van der Waals surface area contributed by atoms with Crippen LogP contribution in [0.4, 0.5) is 9.59 Å². The van der Waals surface area contributed by atoms with Crippen molar-refractivity contribution in [2.75, 3.05) is 19.8 Å². The lowest BCUT2D eigenvalue weighted by Crippen LogP contribution is -2.60. The van der Waals surface area contributed by atoms with E-state index in [1.54, 1.807) is 20.8 Å². The number of nitrogens with zero attached hydrogens (tertiary/aromatic N) is 2. The number of cyclic esters (lactones) is 1. The predicted octanol–water partition coefficient (Wildman–Crippen LogP) is 2.48. The van der Waals surface area contributed by atoms with E-state index in [1.165, 1.54) is 15.9 Å². The Kier molecular flexibility index (Phi) is 10.0. The predicted molar refractivity (Wildman–Crippen MR) is 182 cm³/mol. The minimum atomic E-state index is -3.91. The van der Waals surface area contributed by atoms with Gasteiger partial charge in [-0.3, -0.25) is 24.0 Å². The van der Waals surface area contributed by atoms with Crippen LogP contribution >= 0.6 is 0 Å². The van der Waals surface area contributed by atoms with E-state index in [9.17, 15) is 32.4 Å². The molecule has 3 aliphatic heterocycles. The van der Waals surface area contributed by atoms with E-state index in [-0.39, 0.29) is 32.5 Å². The largest absolute Gasteiger partial charge is 0.493 e. The number of rotatable bonds is 6. The number of hydrogen-bond donors (Lipinski definition) is 3. The van der Waals surface area contributed by atoms with Gasteiger partial charge in [0.25, 0.3) is 5.91 Å². The van der Waals surface area contributed by atoms with E-state index >= 15 is 0 Å². The summed E-state index contributed by atoms with van der Waals surface area (Å²) >= 11 is 0. The van der Waals surface area contributed by atoms with Crippen molar-refractivity contribution < 1.29 is 46.6 Å². The number of carbonyl (C=O) groups excluding carboxylic acids is 5. The molecule has 1 unspecified atom stereocenters. The summed E-state index contributed by atoms with van der Waals surface area (Å²) in [6.45, 7) is 9.99. The first-order valence-electron chi connectivity index (χ1n) is 17.6. The highest BCUT2D eigenvalue weighted by Gasteiger charge is 2.62. The zero-order chi connectivity index (χ0) is 36.7. The Morgan fingerprint density at radius 3 is 2.45 bits per heavy atom. The normalized spacial score (nSPS) is 28.8. The maximum Gasteiger partial charge on any atom is 0.410 e. The van der Waals surface area contributed by atoms with Crippen LogP contribution in [0.1, 0.15) is 76.8 Å². The van der Waals surface area contributed by atoms with Gasteiger partial charge >= 0.3 is 12.2 Å². The third kappa shape index (κ3) is 7.80. The molecule has 16 heteroatoms. The van der Waals surface area contributed by atoms with Crippen LogP contribution in [0.2, 0.25) is 0 Å². The Morgan fingerprint density at radius 2 is 1.78 bits per heavy atom. The van der Waals surface area contributed by atoms with Gasteiger partial charge in [0.15, 0.2) is 0 Å². The Morgan fingerprint density at radius 1 is 1.06 bits per heavy atom. The minimum Gasteiger partial charge on any atom is -0.493 e. The first-order chi connectivity index (χ1) is 24.1. The van der Waals surface area contributed by atoms with Crippen molar-refractivity contribution in [1.82, 2.24) is 25.2 Å². The van der Waals surface area contributed by atoms with Crippen LogP contribution in [0.25, 0.3) is 0 Å². The van der Waals surface area contributed by atoms with Gasteiger partial charge in [0, 0.05) is 24.4 Å². The molecule has 3 N–H and O–H groups in total. The number of carbonyl (C=O) groups is 5. The van der Waals surface area contributed by atoms with Gasteiger partial charge in [-0.15, -0.1) is 6.58 Å². The fraction of sp³-hybridized carbons (Fsp3) is 0.629. The maximum atomic E-state index is 14.3. The average molecular weight is 730 g/mol. The molecule has 4 bridgehead atoms. The van der Waals surface area contributed by atoms with E-state index < -0.39 is 80.2 Å². The summed E-state index contributed by atoms with van der Waals surface area (Å²) in [6.07, 6.45) is 2.08. The molecule has 15 nitrogen and oxygen atoms in total. The zero-order valence-electron chi connectivity index (χ0n) is 29.3. The molecule has 5 atom stereocenters. The number of amides is 5. The number of nitrogens with one attached hydrogen (secondary N) is 3. The lowest BCUT2D eigenvalue weighted by molar-refractivity contribution is -0.142. The molecule has 5 amide bonds. The summed E-state index contributed by atoms with van der Waals surface area (Å²) in [6, 6.07) is 3.28. The molecule has 51 heavy (non-hydrogen) atoms. The number of fused-ring (bicyclic) bond motifs is 3. The second-order valence-corrected chi connectivity index (χ2v) is 17.1. The smallest absolute Gasteiger partial charge is 0.410 e. The molecule has 278 valence electrons. The second-order valence-electron chi connectivity index (χ2n) is 15.2. The van der Waals surface area contributed by atoms with Gasteiger partial charge in [-0.05, 0) is 55.6 Å². The van der Waals surface area contributed by atoms with Crippen molar-refractivity contribution in [2.45, 2.75) is 108 Å². The molecule has 1 aromatic rings. The van der Waals surface area contributed by atoms with Crippen molar-refractivity contribution in [1.29, 1.82) is 0 Å². The van der Waals surface area contributed by atoms with Crippen LogP contribution in [0.3, 0.4) is 0 Å². The Hall–Kier alpha value is -4.34. The summed E-state index contributed by atoms with van der Waals surface area (Å²) in [4.78, 5) is 71.1. The highest BCUT2D eigenvalue weighted by Crippen LogP contribution is 2.45. The van der Waals surface area contributed by atoms with Crippen molar-refractivity contribution >= 4 is 39.9 Å². The van der Waals surface area contributed by atoms with Gasteiger partial charge in [-0.25, -0.2) is 18.0 Å². The van der Waals surface area contributed by atoms with Gasteiger partial charge in [-0.2, -0.15) is 0 Å². The molecule has 2 saturated carbocycles. The summed E-state index contributed by atoms with van der Waals surface area (Å²) < 4.78 is 44.8. The van der Waals surface area contributed by atoms with Crippen LogP contribution in [-0.4, -0.2) is 96.9 Å². The number of ether oxygens (including phenoxy) is 3. The quantitative estimate of drug-likeness (QED) is 0.367. The van der Waals surface area contributed by atoms with Crippen LogP contribution in [0, 0.1) is 11.3 Å². The summed E-state index contributed by atoms with van der Waals surface area (Å²) in [7, 11) is -3.91. The molecular formula is C35H47N5O10S. The number of hydrogen-bond acceptors (Lipinski definition) is 10. The maximum absolute atomic E-state index is 14.3. The van der Waals surface area contributed by atoms with Crippen molar-refractivity contribution in [3.63, 3.8) is 0 Å². The van der Waals surface area contributed by atoms with Gasteiger partial charge in [0.05, 0.1) is 31.6 Å². The van der Waals surface area contributed by atoms with E-state index in [0.717, 1.165) is 24.0 Å². The van der Waals surface area contributed by atoms with Gasteiger partial charge in [-0.1, -0.05) is 39.0 Å². The second kappa shape index (κ2) is 14.0. The fourth-order valence-corrected chi connectivity index (χ4v) is 8.33. The molecule has 1 aromatic carbocycles. The van der Waals surface area contributed by atoms with Crippen LogP contribution in [-0.2, 0) is 47.0 Å². The molecule has 0 aromatic heterocycles. The average Bonchev–Trinajstić information content (AvgIpc) is 3.96. The lowest BCUT2D eigenvalue weighted by Gasteiger charge is -2.35. The summed E-state index contributed by atoms with van der Waals surface area (Å²) in [5.41, 5.74) is -0.608. The van der Waals surface area contributed by atoms with Crippen molar-refractivity contribution in [2.24, 2.45) is 11.3 Å². The number of sulfonamides is 1. The van der Waals surface area contributed by atoms with Crippen molar-refractivity contribution in [3.8, 4) is 5.75 Å².